The first-order chi connectivity index (χ1) is 14.2. The Morgan fingerprint density at radius 3 is 2.33 bits per heavy atom. The zero-order chi connectivity index (χ0) is 21.9. The molecule has 3 rings (SSSR count). The average Bonchev–Trinajstić information content (AvgIpc) is 2.74. The Morgan fingerprint density at radius 1 is 1.13 bits per heavy atom. The van der Waals surface area contributed by atoms with Crippen LogP contribution in [0.25, 0.3) is 0 Å². The third-order valence-corrected chi connectivity index (χ3v) is 7.12. The van der Waals surface area contributed by atoms with Gasteiger partial charge in [-0.1, -0.05) is 15.9 Å². The van der Waals surface area contributed by atoms with Crippen LogP contribution in [0.15, 0.2) is 51.8 Å². The molecule has 2 aromatic rings. The lowest BCUT2D eigenvalue weighted by atomic mass is 10.2. The van der Waals surface area contributed by atoms with E-state index in [0.29, 0.717) is 23.2 Å². The van der Waals surface area contributed by atoms with E-state index in [-0.39, 0.29) is 35.8 Å². The zero-order valence-corrected chi connectivity index (χ0v) is 18.6. The molecule has 0 amide bonds. The normalized spacial score (nSPS) is 15.1. The average molecular weight is 498 g/mol. The molecular formula is C19H20BrN3O6S. The predicted molar refractivity (Wildman–Crippen MR) is 114 cm³/mol. The number of nitrogens with zero attached hydrogens (tertiary/aromatic N) is 3. The van der Waals surface area contributed by atoms with Gasteiger partial charge in [-0.3, -0.25) is 10.1 Å². The summed E-state index contributed by atoms with van der Waals surface area (Å²) >= 11 is 3.23. The van der Waals surface area contributed by atoms with E-state index in [2.05, 4.69) is 15.9 Å². The van der Waals surface area contributed by atoms with Gasteiger partial charge in [0.2, 0.25) is 10.0 Å². The molecule has 1 aliphatic heterocycles. The molecule has 1 heterocycles. The van der Waals surface area contributed by atoms with E-state index in [1.807, 2.05) is 0 Å². The number of esters is 1. The largest absolute Gasteiger partial charge is 0.462 e. The molecule has 0 N–H and O–H groups in total. The number of nitro groups is 1. The number of hydrogen-bond donors (Lipinski definition) is 0. The highest BCUT2D eigenvalue weighted by molar-refractivity contribution is 9.10. The van der Waals surface area contributed by atoms with Crippen LogP contribution in [0.4, 0.5) is 11.4 Å². The van der Waals surface area contributed by atoms with Crippen molar-refractivity contribution in [2.24, 2.45) is 0 Å². The molecule has 0 radical (unpaired) electrons. The van der Waals surface area contributed by atoms with Gasteiger partial charge in [0.25, 0.3) is 5.69 Å². The summed E-state index contributed by atoms with van der Waals surface area (Å²) in [6.07, 6.45) is 0. The number of ether oxygens (including phenoxy) is 1. The highest BCUT2D eigenvalue weighted by Crippen LogP contribution is 2.32. The molecule has 9 nitrogen and oxygen atoms in total. The van der Waals surface area contributed by atoms with Gasteiger partial charge in [0.15, 0.2) is 0 Å². The highest BCUT2D eigenvalue weighted by Gasteiger charge is 2.30. The van der Waals surface area contributed by atoms with Gasteiger partial charge in [0.1, 0.15) is 5.69 Å². The predicted octanol–water partition coefficient (Wildman–Crippen LogP) is 3.04. The van der Waals surface area contributed by atoms with E-state index < -0.39 is 20.9 Å². The summed E-state index contributed by atoms with van der Waals surface area (Å²) in [5.74, 6) is -0.508. The minimum Gasteiger partial charge on any atom is -0.462 e. The van der Waals surface area contributed by atoms with Crippen LogP contribution in [-0.4, -0.2) is 56.4 Å². The second-order valence-corrected chi connectivity index (χ2v) is 9.38. The molecule has 0 saturated carbocycles. The molecule has 160 valence electrons. The number of carbonyl (C=O) groups is 1. The topological polar surface area (TPSA) is 110 Å². The Bertz CT molecular complexity index is 1050. The fraction of sp³-hybridized carbons (Fsp3) is 0.316. The summed E-state index contributed by atoms with van der Waals surface area (Å²) < 4.78 is 32.7. The first-order valence-electron chi connectivity index (χ1n) is 9.20. The number of piperazine rings is 1. The number of halogens is 1. The quantitative estimate of drug-likeness (QED) is 0.342. The van der Waals surface area contributed by atoms with E-state index in [1.165, 1.54) is 34.6 Å². The number of hydrogen-bond acceptors (Lipinski definition) is 7. The van der Waals surface area contributed by atoms with Gasteiger partial charge in [-0.15, -0.1) is 0 Å². The van der Waals surface area contributed by atoms with Gasteiger partial charge in [-0.25, -0.2) is 13.2 Å². The summed E-state index contributed by atoms with van der Waals surface area (Å²) in [5, 5.41) is 11.4. The SMILES string of the molecule is CCOC(=O)c1ccc(S(=O)(=O)N2CCN(c3ccc(Br)cc3[N+](=O)[O-])CC2)cc1. The first-order valence-corrected chi connectivity index (χ1v) is 11.4. The van der Waals surface area contributed by atoms with Gasteiger partial charge in [0.05, 0.1) is 22.0 Å². The van der Waals surface area contributed by atoms with Crippen LogP contribution >= 0.6 is 15.9 Å². The van der Waals surface area contributed by atoms with E-state index >= 15 is 0 Å². The van der Waals surface area contributed by atoms with Crippen LogP contribution in [0.1, 0.15) is 17.3 Å². The minimum absolute atomic E-state index is 0.0322. The smallest absolute Gasteiger partial charge is 0.338 e. The molecule has 1 aliphatic rings. The molecule has 0 aromatic heterocycles. The van der Waals surface area contributed by atoms with Gasteiger partial charge in [-0.05, 0) is 43.3 Å². The molecule has 0 unspecified atom stereocenters. The van der Waals surface area contributed by atoms with Crippen molar-refractivity contribution in [3.05, 3.63) is 62.6 Å². The Labute approximate surface area is 182 Å². The molecule has 11 heteroatoms. The van der Waals surface area contributed by atoms with Crippen LogP contribution < -0.4 is 4.90 Å². The molecular weight excluding hydrogens is 478 g/mol. The van der Waals surface area contributed by atoms with Gasteiger partial charge >= 0.3 is 5.97 Å². The van der Waals surface area contributed by atoms with Crippen molar-refractivity contribution in [1.82, 2.24) is 4.31 Å². The molecule has 0 spiro atoms. The van der Waals surface area contributed by atoms with E-state index in [9.17, 15) is 23.3 Å². The van der Waals surface area contributed by atoms with Crippen LogP contribution in [0, 0.1) is 10.1 Å². The van der Waals surface area contributed by atoms with Crippen molar-refractivity contribution in [3.63, 3.8) is 0 Å². The monoisotopic (exact) mass is 497 g/mol. The number of rotatable bonds is 6. The minimum atomic E-state index is -3.74. The van der Waals surface area contributed by atoms with Gasteiger partial charge < -0.3 is 9.64 Å². The van der Waals surface area contributed by atoms with Gasteiger partial charge in [0, 0.05) is 36.7 Å². The number of carbonyl (C=O) groups excluding carboxylic acids is 1. The number of sulfonamides is 1. The third kappa shape index (κ3) is 4.63. The van der Waals surface area contributed by atoms with Crippen molar-refractivity contribution in [2.75, 3.05) is 37.7 Å². The maximum atomic E-state index is 12.9. The molecule has 30 heavy (non-hydrogen) atoms. The molecule has 2 aromatic carbocycles. The molecule has 1 saturated heterocycles. The summed E-state index contributed by atoms with van der Waals surface area (Å²) in [7, 11) is -3.74. The Hall–Kier alpha value is -2.50. The van der Waals surface area contributed by atoms with Gasteiger partial charge in [-0.2, -0.15) is 4.31 Å². The molecule has 0 bridgehead atoms. The molecule has 0 atom stereocenters. The van der Waals surface area contributed by atoms with Crippen molar-refractivity contribution in [3.8, 4) is 0 Å². The molecule has 0 aliphatic carbocycles. The lowest BCUT2D eigenvalue weighted by Gasteiger charge is -2.35. The molecule has 1 fully saturated rings. The first kappa shape index (κ1) is 22.2. The van der Waals surface area contributed by atoms with Crippen molar-refractivity contribution in [1.29, 1.82) is 0 Å². The van der Waals surface area contributed by atoms with E-state index in [4.69, 9.17) is 4.74 Å². The van der Waals surface area contributed by atoms with Crippen molar-refractivity contribution >= 4 is 43.3 Å². The fourth-order valence-electron chi connectivity index (χ4n) is 3.21. The highest BCUT2D eigenvalue weighted by atomic mass is 79.9. The van der Waals surface area contributed by atoms with Crippen molar-refractivity contribution < 1.29 is 22.9 Å². The maximum absolute atomic E-state index is 12.9. The second kappa shape index (κ2) is 9.11. The third-order valence-electron chi connectivity index (χ3n) is 4.72. The number of benzene rings is 2. The summed E-state index contributed by atoms with van der Waals surface area (Å²) in [6.45, 7) is 2.95. The lowest BCUT2D eigenvalue weighted by molar-refractivity contribution is -0.384. The standard InChI is InChI=1S/C19H20BrN3O6S/c1-2-29-19(24)14-3-6-16(7-4-14)30(27,28)22-11-9-21(10-12-22)17-8-5-15(20)13-18(17)23(25)26/h3-8,13H,2,9-12H2,1H3. The summed E-state index contributed by atoms with van der Waals surface area (Å²) in [5.41, 5.74) is 0.706. The van der Waals surface area contributed by atoms with Crippen LogP contribution in [0.5, 0.6) is 0 Å². The second-order valence-electron chi connectivity index (χ2n) is 6.53. The lowest BCUT2D eigenvalue weighted by Crippen LogP contribution is -2.48. The Balaban J connectivity index is 1.73. The number of anilines is 1. The van der Waals surface area contributed by atoms with Crippen LogP contribution in [0.2, 0.25) is 0 Å². The summed E-state index contributed by atoms with van der Waals surface area (Å²) in [6, 6.07) is 10.4. The maximum Gasteiger partial charge on any atom is 0.338 e. The van der Waals surface area contributed by atoms with Crippen molar-refractivity contribution in [2.45, 2.75) is 11.8 Å². The van der Waals surface area contributed by atoms with E-state index in [0.717, 1.165) is 0 Å². The van der Waals surface area contributed by atoms with E-state index in [1.54, 1.807) is 24.0 Å². The fourth-order valence-corrected chi connectivity index (χ4v) is 4.98. The zero-order valence-electron chi connectivity index (χ0n) is 16.2. The Kier molecular flexibility index (Phi) is 6.74. The van der Waals surface area contributed by atoms with Crippen LogP contribution in [0.3, 0.4) is 0 Å². The Morgan fingerprint density at radius 2 is 1.77 bits per heavy atom. The summed E-state index contributed by atoms with van der Waals surface area (Å²) in [4.78, 5) is 24.5. The number of nitro benzene ring substituents is 1. The van der Waals surface area contributed by atoms with Crippen LogP contribution in [-0.2, 0) is 14.8 Å².